The maximum Gasteiger partial charge on any atom is 0.433 e. The number of carboxylic acid groups (broad SMARTS) is 1. The number of aryl methyl sites for hydroxylation is 1. The van der Waals surface area contributed by atoms with Crippen LogP contribution in [0.15, 0.2) is 29.8 Å². The van der Waals surface area contributed by atoms with Crippen molar-refractivity contribution in [1.29, 1.82) is 0 Å². The lowest BCUT2D eigenvalue weighted by molar-refractivity contribution is -0.142. The molecule has 1 amide bonds. The molecule has 0 aliphatic carbocycles. The third kappa shape index (κ3) is 3.61. The van der Waals surface area contributed by atoms with Crippen LogP contribution in [0.2, 0.25) is 5.02 Å². The van der Waals surface area contributed by atoms with Crippen molar-refractivity contribution in [3.63, 3.8) is 0 Å². The molecule has 4 aromatic rings. The number of anilines is 1. The second-order valence-electron chi connectivity index (χ2n) is 6.19. The van der Waals surface area contributed by atoms with E-state index in [2.05, 4.69) is 20.5 Å². The van der Waals surface area contributed by atoms with Gasteiger partial charge in [-0.15, -0.1) is 11.3 Å². The van der Waals surface area contributed by atoms with E-state index in [9.17, 15) is 27.9 Å². The van der Waals surface area contributed by atoms with Gasteiger partial charge in [-0.2, -0.15) is 23.4 Å². The summed E-state index contributed by atoms with van der Waals surface area (Å²) in [6.07, 6.45) is -3.73. The highest BCUT2D eigenvalue weighted by molar-refractivity contribution is 7.13. The van der Waals surface area contributed by atoms with E-state index in [1.165, 1.54) is 18.4 Å². The molecule has 0 bridgehead atoms. The van der Waals surface area contributed by atoms with Crippen LogP contribution in [0.4, 0.5) is 18.9 Å². The molecule has 160 valence electrons. The molecule has 4 rings (SSSR count). The van der Waals surface area contributed by atoms with Gasteiger partial charge in [0.1, 0.15) is 5.02 Å². The van der Waals surface area contributed by atoms with E-state index in [4.69, 9.17) is 11.6 Å². The monoisotopic (exact) mass is 470 g/mol. The van der Waals surface area contributed by atoms with Crippen LogP contribution in [0.3, 0.4) is 0 Å². The molecule has 4 aromatic heterocycles. The number of nitrogens with zero attached hydrogens (tertiary/aromatic N) is 5. The SMILES string of the molecule is Cn1ncc(NC(=O)c2nn3c(C(F)(F)F)cc(-c4cccs4)nc3c2Cl)c1C(=O)O. The number of fused-ring (bicyclic) bond motifs is 1. The first kappa shape index (κ1) is 20.8. The number of hydrogen-bond acceptors (Lipinski definition) is 6. The summed E-state index contributed by atoms with van der Waals surface area (Å²) in [6, 6.07) is 4.06. The fourth-order valence-electron chi connectivity index (χ4n) is 2.85. The Hall–Kier alpha value is -3.45. The van der Waals surface area contributed by atoms with Gasteiger partial charge in [0, 0.05) is 7.05 Å². The summed E-state index contributed by atoms with van der Waals surface area (Å²) < 4.78 is 42.5. The van der Waals surface area contributed by atoms with Crippen molar-refractivity contribution < 1.29 is 27.9 Å². The maximum atomic E-state index is 13.7. The van der Waals surface area contributed by atoms with Gasteiger partial charge in [0.25, 0.3) is 5.91 Å². The molecule has 0 unspecified atom stereocenters. The zero-order chi connectivity index (χ0) is 22.5. The smallest absolute Gasteiger partial charge is 0.433 e. The van der Waals surface area contributed by atoms with E-state index in [0.717, 1.165) is 16.9 Å². The van der Waals surface area contributed by atoms with Crippen molar-refractivity contribution in [2.75, 3.05) is 5.32 Å². The first-order chi connectivity index (χ1) is 14.6. The van der Waals surface area contributed by atoms with Crippen molar-refractivity contribution in [3.05, 3.63) is 51.9 Å². The fraction of sp³-hybridized carbons (Fsp3) is 0.118. The van der Waals surface area contributed by atoms with Crippen LogP contribution in [-0.2, 0) is 13.2 Å². The van der Waals surface area contributed by atoms with E-state index in [-0.39, 0.29) is 22.7 Å². The van der Waals surface area contributed by atoms with Crippen LogP contribution >= 0.6 is 22.9 Å². The van der Waals surface area contributed by atoms with E-state index in [0.29, 0.717) is 9.39 Å². The molecular formula is C17H10ClF3N6O3S. The average molecular weight is 471 g/mol. The highest BCUT2D eigenvalue weighted by Gasteiger charge is 2.37. The van der Waals surface area contributed by atoms with Gasteiger partial charge in [0.05, 0.1) is 22.5 Å². The number of nitrogens with one attached hydrogen (secondary N) is 1. The quantitative estimate of drug-likeness (QED) is 0.468. The van der Waals surface area contributed by atoms with Gasteiger partial charge in [-0.1, -0.05) is 17.7 Å². The molecule has 4 heterocycles. The largest absolute Gasteiger partial charge is 0.476 e. The van der Waals surface area contributed by atoms with Gasteiger partial charge >= 0.3 is 12.1 Å². The number of rotatable bonds is 4. The van der Waals surface area contributed by atoms with E-state index < -0.39 is 34.5 Å². The summed E-state index contributed by atoms with van der Waals surface area (Å²) in [7, 11) is 1.35. The second kappa shape index (κ2) is 7.35. The Kier molecular flexibility index (Phi) is 4.94. The van der Waals surface area contributed by atoms with Crippen LogP contribution in [0.25, 0.3) is 16.2 Å². The standard InChI is InChI=1S/C17H10ClF3N6O3S/c1-26-13(16(29)30)8(6-22-26)24-15(28)12-11(18)14-23-7(9-3-2-4-31-9)5-10(17(19,20)21)27(14)25-12/h2-6H,1H3,(H,24,28)(H,29,30). The van der Waals surface area contributed by atoms with E-state index >= 15 is 0 Å². The van der Waals surface area contributed by atoms with Gasteiger partial charge in [0.2, 0.25) is 0 Å². The normalized spacial score (nSPS) is 11.8. The molecule has 14 heteroatoms. The lowest BCUT2D eigenvalue weighted by Gasteiger charge is -2.10. The highest BCUT2D eigenvalue weighted by atomic mass is 35.5. The minimum Gasteiger partial charge on any atom is -0.476 e. The summed E-state index contributed by atoms with van der Waals surface area (Å²) in [6.45, 7) is 0. The van der Waals surface area contributed by atoms with Gasteiger partial charge in [0.15, 0.2) is 22.7 Å². The van der Waals surface area contributed by atoms with Gasteiger partial charge in [-0.25, -0.2) is 14.3 Å². The Morgan fingerprint density at radius 1 is 1.32 bits per heavy atom. The molecule has 0 atom stereocenters. The minimum absolute atomic E-state index is 0.0176. The van der Waals surface area contributed by atoms with Gasteiger partial charge in [-0.05, 0) is 17.5 Å². The van der Waals surface area contributed by atoms with Crippen LogP contribution in [0, 0.1) is 0 Å². The highest BCUT2D eigenvalue weighted by Crippen LogP contribution is 2.35. The fourth-order valence-corrected chi connectivity index (χ4v) is 3.79. The summed E-state index contributed by atoms with van der Waals surface area (Å²) in [4.78, 5) is 28.6. The van der Waals surface area contributed by atoms with Crippen LogP contribution in [-0.4, -0.2) is 41.4 Å². The van der Waals surface area contributed by atoms with E-state index in [1.807, 2.05) is 0 Å². The Balaban J connectivity index is 1.84. The average Bonchev–Trinajstić information content (AvgIpc) is 3.40. The van der Waals surface area contributed by atoms with E-state index in [1.54, 1.807) is 17.5 Å². The predicted molar refractivity (Wildman–Crippen MR) is 104 cm³/mol. The van der Waals surface area contributed by atoms with Crippen LogP contribution in [0.5, 0.6) is 0 Å². The molecular weight excluding hydrogens is 461 g/mol. The van der Waals surface area contributed by atoms with Crippen molar-refractivity contribution in [2.24, 2.45) is 7.05 Å². The molecule has 9 nitrogen and oxygen atoms in total. The van der Waals surface area contributed by atoms with Crippen molar-refractivity contribution in [1.82, 2.24) is 24.4 Å². The molecule has 0 saturated carbocycles. The zero-order valence-electron chi connectivity index (χ0n) is 15.3. The molecule has 0 spiro atoms. The molecule has 0 aliphatic rings. The third-order valence-electron chi connectivity index (χ3n) is 4.20. The van der Waals surface area contributed by atoms with Crippen molar-refractivity contribution in [3.8, 4) is 10.6 Å². The zero-order valence-corrected chi connectivity index (χ0v) is 16.9. The Bertz CT molecular complexity index is 1330. The summed E-state index contributed by atoms with van der Waals surface area (Å²) in [5.41, 5.74) is -2.57. The number of alkyl halides is 3. The van der Waals surface area contributed by atoms with Crippen molar-refractivity contribution in [2.45, 2.75) is 6.18 Å². The molecule has 0 aromatic carbocycles. The number of hydrogen-bond donors (Lipinski definition) is 2. The minimum atomic E-state index is -4.81. The Morgan fingerprint density at radius 3 is 2.68 bits per heavy atom. The third-order valence-corrected chi connectivity index (χ3v) is 5.44. The molecule has 0 aliphatic heterocycles. The number of carbonyl (C=O) groups excluding carboxylic acids is 1. The van der Waals surface area contributed by atoms with Crippen LogP contribution in [0.1, 0.15) is 26.7 Å². The van der Waals surface area contributed by atoms with Crippen LogP contribution < -0.4 is 5.32 Å². The topological polar surface area (TPSA) is 114 Å². The Labute approximate surface area is 179 Å². The van der Waals surface area contributed by atoms with Gasteiger partial charge < -0.3 is 10.4 Å². The Morgan fingerprint density at radius 2 is 2.06 bits per heavy atom. The molecule has 0 fully saturated rings. The van der Waals surface area contributed by atoms with Gasteiger partial charge in [-0.3, -0.25) is 9.48 Å². The lowest BCUT2D eigenvalue weighted by atomic mass is 10.2. The maximum absolute atomic E-state index is 13.7. The molecule has 0 saturated heterocycles. The molecule has 2 N–H and O–H groups in total. The number of halogens is 4. The summed E-state index contributed by atoms with van der Waals surface area (Å²) in [5, 5.41) is 20.2. The molecule has 31 heavy (non-hydrogen) atoms. The lowest BCUT2D eigenvalue weighted by Crippen LogP contribution is -2.17. The number of carboxylic acids is 1. The predicted octanol–water partition coefficient (Wildman–Crippen LogP) is 3.81. The number of thiophene rings is 1. The number of amides is 1. The molecule has 0 radical (unpaired) electrons. The summed E-state index contributed by atoms with van der Waals surface area (Å²) in [5.74, 6) is -2.38. The second-order valence-corrected chi connectivity index (χ2v) is 7.52. The number of aromatic nitrogens is 5. The van der Waals surface area contributed by atoms with Crippen molar-refractivity contribution >= 4 is 46.1 Å². The number of aromatic carboxylic acids is 1. The summed E-state index contributed by atoms with van der Waals surface area (Å²) >= 11 is 7.36. The first-order valence-corrected chi connectivity index (χ1v) is 9.60. The number of carbonyl (C=O) groups is 2. The first-order valence-electron chi connectivity index (χ1n) is 8.35.